The zero-order chi connectivity index (χ0) is 16.7. The minimum atomic E-state index is -0.0666. The molecule has 0 saturated carbocycles. The van der Waals surface area contributed by atoms with Crippen molar-refractivity contribution in [3.8, 4) is 11.5 Å². The first-order chi connectivity index (χ1) is 11.1. The van der Waals surface area contributed by atoms with Gasteiger partial charge in [-0.1, -0.05) is 30.3 Å². The van der Waals surface area contributed by atoms with Crippen LogP contribution in [0.4, 0.5) is 5.69 Å². The third kappa shape index (κ3) is 5.00. The molecule has 0 radical (unpaired) electrons. The fourth-order valence-electron chi connectivity index (χ4n) is 1.98. The van der Waals surface area contributed by atoms with E-state index in [1.54, 1.807) is 30.3 Å². The minimum Gasteiger partial charge on any atom is -0.504 e. The van der Waals surface area contributed by atoms with E-state index in [0.717, 1.165) is 5.69 Å². The molecule has 5 nitrogen and oxygen atoms in total. The number of Topliss-reactive ketones (excluding diaryl/α,β-unsaturated/α-hetero) is 1. The van der Waals surface area contributed by atoms with Crippen molar-refractivity contribution in [2.45, 2.75) is 0 Å². The topological polar surface area (TPSA) is 59.0 Å². The van der Waals surface area contributed by atoms with Crippen molar-refractivity contribution in [1.82, 2.24) is 0 Å². The highest BCUT2D eigenvalue weighted by atomic mass is 16.5. The smallest absolute Gasteiger partial charge is 0.188 e. The number of phenolic OH excluding ortho intramolecular Hbond substituents is 1. The van der Waals surface area contributed by atoms with Crippen LogP contribution in [0.25, 0.3) is 0 Å². The largest absolute Gasteiger partial charge is 0.504 e. The van der Waals surface area contributed by atoms with E-state index in [1.807, 2.05) is 37.2 Å². The zero-order valence-corrected chi connectivity index (χ0v) is 13.4. The van der Waals surface area contributed by atoms with Gasteiger partial charge >= 0.3 is 0 Å². The highest BCUT2D eigenvalue weighted by Gasteiger charge is 2.07. The molecule has 0 amide bonds. The van der Waals surface area contributed by atoms with Crippen LogP contribution in [0.3, 0.4) is 0 Å². The molecule has 0 unspecified atom stereocenters. The Balaban J connectivity index is 1.75. The molecule has 0 spiro atoms. The van der Waals surface area contributed by atoms with Crippen LogP contribution in [0.2, 0.25) is 0 Å². The lowest BCUT2D eigenvalue weighted by molar-refractivity contribution is 0.0685. The third-order valence-electron chi connectivity index (χ3n) is 3.27. The quantitative estimate of drug-likeness (QED) is 0.599. The summed E-state index contributed by atoms with van der Waals surface area (Å²) >= 11 is 0. The van der Waals surface area contributed by atoms with Gasteiger partial charge in [-0.2, -0.15) is 0 Å². The van der Waals surface area contributed by atoms with Crippen LogP contribution < -0.4 is 9.64 Å². The first kappa shape index (κ1) is 16.8. The van der Waals surface area contributed by atoms with Gasteiger partial charge in [0.15, 0.2) is 17.3 Å². The Hall–Kier alpha value is -2.53. The first-order valence-electron chi connectivity index (χ1n) is 7.37. The lowest BCUT2D eigenvalue weighted by Crippen LogP contribution is -2.14. The zero-order valence-electron chi connectivity index (χ0n) is 13.4. The fraction of sp³-hybridized carbons (Fsp3) is 0.278. The predicted molar refractivity (Wildman–Crippen MR) is 89.5 cm³/mol. The van der Waals surface area contributed by atoms with Crippen molar-refractivity contribution in [2.24, 2.45) is 0 Å². The summed E-state index contributed by atoms with van der Waals surface area (Å²) in [4.78, 5) is 13.8. The number of ether oxygens (including phenoxy) is 2. The SMILES string of the molecule is CN(C)c1ccc(O)c(OCCOCC(=O)c2ccccc2)c1. The average molecular weight is 315 g/mol. The molecule has 0 aliphatic heterocycles. The summed E-state index contributed by atoms with van der Waals surface area (Å²) in [6, 6.07) is 14.2. The van der Waals surface area contributed by atoms with E-state index >= 15 is 0 Å². The molecule has 0 saturated heterocycles. The van der Waals surface area contributed by atoms with Gasteiger partial charge in [0.1, 0.15) is 13.2 Å². The molecule has 0 bridgehead atoms. The maximum absolute atomic E-state index is 11.8. The maximum atomic E-state index is 11.8. The minimum absolute atomic E-state index is 0.0110. The van der Waals surface area contributed by atoms with E-state index in [0.29, 0.717) is 11.3 Å². The van der Waals surface area contributed by atoms with Gasteiger partial charge in [0, 0.05) is 31.4 Å². The van der Waals surface area contributed by atoms with Gasteiger partial charge in [-0.3, -0.25) is 4.79 Å². The lowest BCUT2D eigenvalue weighted by atomic mass is 10.1. The molecule has 2 aromatic rings. The second-order valence-corrected chi connectivity index (χ2v) is 5.24. The van der Waals surface area contributed by atoms with Crippen molar-refractivity contribution in [1.29, 1.82) is 0 Å². The Morgan fingerprint density at radius 2 is 1.83 bits per heavy atom. The number of rotatable bonds is 8. The molecule has 0 aliphatic rings. The number of hydrogen-bond donors (Lipinski definition) is 1. The van der Waals surface area contributed by atoms with Gasteiger partial charge in [0.05, 0.1) is 6.61 Å². The van der Waals surface area contributed by atoms with Crippen LogP contribution in [0.15, 0.2) is 48.5 Å². The van der Waals surface area contributed by atoms with E-state index < -0.39 is 0 Å². The molecule has 0 aliphatic carbocycles. The number of carbonyl (C=O) groups is 1. The van der Waals surface area contributed by atoms with Gasteiger partial charge in [-0.15, -0.1) is 0 Å². The number of nitrogens with zero attached hydrogens (tertiary/aromatic N) is 1. The van der Waals surface area contributed by atoms with Crippen LogP contribution >= 0.6 is 0 Å². The predicted octanol–water partition coefficient (Wildman–Crippen LogP) is 2.74. The van der Waals surface area contributed by atoms with Crippen LogP contribution in [-0.2, 0) is 4.74 Å². The molecule has 0 aromatic heterocycles. The van der Waals surface area contributed by atoms with Crippen molar-refractivity contribution in [3.05, 3.63) is 54.1 Å². The maximum Gasteiger partial charge on any atom is 0.188 e. The second-order valence-electron chi connectivity index (χ2n) is 5.24. The number of phenols is 1. The number of benzene rings is 2. The highest BCUT2D eigenvalue weighted by Crippen LogP contribution is 2.30. The molecule has 122 valence electrons. The normalized spacial score (nSPS) is 10.3. The molecule has 5 heteroatoms. The Morgan fingerprint density at radius 3 is 2.52 bits per heavy atom. The Bertz CT molecular complexity index is 641. The molecule has 0 heterocycles. The standard InChI is InChI=1S/C18H21NO4/c1-19(2)15-8-9-16(20)18(12-15)23-11-10-22-13-17(21)14-6-4-3-5-7-14/h3-9,12,20H,10-11,13H2,1-2H3. The highest BCUT2D eigenvalue weighted by molar-refractivity contribution is 5.96. The fourth-order valence-corrected chi connectivity index (χ4v) is 1.98. The second kappa shape index (κ2) is 8.19. The van der Waals surface area contributed by atoms with Crippen molar-refractivity contribution < 1.29 is 19.4 Å². The molecule has 2 rings (SSSR count). The van der Waals surface area contributed by atoms with Gasteiger partial charge in [-0.25, -0.2) is 0 Å². The summed E-state index contributed by atoms with van der Waals surface area (Å²) in [6.07, 6.45) is 0. The van der Waals surface area contributed by atoms with E-state index in [-0.39, 0.29) is 31.4 Å². The lowest BCUT2D eigenvalue weighted by Gasteiger charge is -2.15. The molecular weight excluding hydrogens is 294 g/mol. The summed E-state index contributed by atoms with van der Waals surface area (Å²) in [5, 5.41) is 9.77. The van der Waals surface area contributed by atoms with Gasteiger partial charge < -0.3 is 19.5 Å². The molecule has 23 heavy (non-hydrogen) atoms. The van der Waals surface area contributed by atoms with Crippen LogP contribution in [0, 0.1) is 0 Å². The van der Waals surface area contributed by atoms with E-state index in [2.05, 4.69) is 0 Å². The van der Waals surface area contributed by atoms with Crippen LogP contribution in [-0.4, -0.2) is 44.8 Å². The van der Waals surface area contributed by atoms with Crippen molar-refractivity contribution >= 4 is 11.5 Å². The number of anilines is 1. The summed E-state index contributed by atoms with van der Waals surface area (Å²) in [6.45, 7) is 0.536. The van der Waals surface area contributed by atoms with Crippen molar-refractivity contribution in [3.63, 3.8) is 0 Å². The van der Waals surface area contributed by atoms with Crippen LogP contribution in [0.1, 0.15) is 10.4 Å². The monoisotopic (exact) mass is 315 g/mol. The van der Waals surface area contributed by atoms with Crippen LogP contribution in [0.5, 0.6) is 11.5 Å². The van der Waals surface area contributed by atoms with E-state index in [9.17, 15) is 9.90 Å². The number of aromatic hydroxyl groups is 1. The number of carbonyl (C=O) groups excluding carboxylic acids is 1. The molecule has 0 atom stereocenters. The first-order valence-corrected chi connectivity index (χ1v) is 7.37. The van der Waals surface area contributed by atoms with Gasteiger partial charge in [0.2, 0.25) is 0 Å². The van der Waals surface area contributed by atoms with Gasteiger partial charge in [-0.05, 0) is 12.1 Å². The molecule has 2 aromatic carbocycles. The summed E-state index contributed by atoms with van der Waals surface area (Å²) in [5.74, 6) is 0.410. The van der Waals surface area contributed by atoms with Crippen molar-refractivity contribution in [2.75, 3.05) is 38.8 Å². The Labute approximate surface area is 136 Å². The molecular formula is C18H21NO4. The number of ketones is 1. The Kier molecular flexibility index (Phi) is 6.00. The third-order valence-corrected chi connectivity index (χ3v) is 3.27. The summed E-state index contributed by atoms with van der Waals surface area (Å²) in [7, 11) is 3.82. The summed E-state index contributed by atoms with van der Waals surface area (Å²) in [5.41, 5.74) is 1.56. The summed E-state index contributed by atoms with van der Waals surface area (Å²) < 4.78 is 10.8. The van der Waals surface area contributed by atoms with E-state index in [4.69, 9.17) is 9.47 Å². The van der Waals surface area contributed by atoms with Gasteiger partial charge in [0.25, 0.3) is 0 Å². The molecule has 1 N–H and O–H groups in total. The molecule has 0 fully saturated rings. The Morgan fingerprint density at radius 1 is 1.09 bits per heavy atom. The van der Waals surface area contributed by atoms with E-state index in [1.165, 1.54) is 0 Å². The average Bonchev–Trinajstić information content (AvgIpc) is 2.56. The number of hydrogen-bond acceptors (Lipinski definition) is 5.